The van der Waals surface area contributed by atoms with Gasteiger partial charge in [-0.05, 0) is 54.5 Å². The van der Waals surface area contributed by atoms with Gasteiger partial charge in [0.15, 0.2) is 0 Å². The van der Waals surface area contributed by atoms with E-state index in [-0.39, 0.29) is 11.3 Å². The van der Waals surface area contributed by atoms with Gasteiger partial charge < -0.3 is 14.2 Å². The van der Waals surface area contributed by atoms with Crippen molar-refractivity contribution < 1.29 is 37.0 Å². The standard InChI is InChI=1S/C22H21F3O5/c1-2-3-4-15-28-20(26)14-7-16-5-10-18(11-6-16)29-21(27)17-8-12-19(13-9-17)30-22(23,24)25/h5-14H,2-4,15H2,1H3. The lowest BCUT2D eigenvalue weighted by Gasteiger charge is -2.09. The van der Waals surface area contributed by atoms with Gasteiger partial charge >= 0.3 is 18.3 Å². The topological polar surface area (TPSA) is 61.8 Å². The van der Waals surface area contributed by atoms with E-state index in [0.29, 0.717) is 12.2 Å². The molecule has 0 N–H and O–H groups in total. The Bertz CT molecular complexity index is 856. The zero-order valence-electron chi connectivity index (χ0n) is 16.3. The smallest absolute Gasteiger partial charge is 0.463 e. The summed E-state index contributed by atoms with van der Waals surface area (Å²) >= 11 is 0. The molecule has 0 atom stereocenters. The van der Waals surface area contributed by atoms with Crippen LogP contribution in [0.25, 0.3) is 6.08 Å². The molecule has 0 aromatic heterocycles. The van der Waals surface area contributed by atoms with Crippen molar-refractivity contribution in [3.8, 4) is 11.5 Å². The van der Waals surface area contributed by atoms with Crippen molar-refractivity contribution >= 4 is 18.0 Å². The van der Waals surface area contributed by atoms with Crippen molar-refractivity contribution in [1.29, 1.82) is 0 Å². The molecule has 0 spiro atoms. The molecule has 160 valence electrons. The largest absolute Gasteiger partial charge is 0.573 e. The molecule has 0 aliphatic rings. The van der Waals surface area contributed by atoms with Crippen molar-refractivity contribution in [2.75, 3.05) is 6.61 Å². The number of unbranched alkanes of at least 4 members (excludes halogenated alkanes) is 2. The molecule has 0 amide bonds. The average Bonchev–Trinajstić information content (AvgIpc) is 2.70. The molecule has 30 heavy (non-hydrogen) atoms. The van der Waals surface area contributed by atoms with Crippen LogP contribution in [0.5, 0.6) is 11.5 Å². The molecular weight excluding hydrogens is 401 g/mol. The summed E-state index contributed by atoms with van der Waals surface area (Å²) in [5.74, 6) is -1.35. The van der Waals surface area contributed by atoms with Gasteiger partial charge in [0, 0.05) is 6.08 Å². The predicted molar refractivity (Wildman–Crippen MR) is 104 cm³/mol. The molecule has 0 radical (unpaired) electrons. The molecule has 0 heterocycles. The molecule has 2 aromatic carbocycles. The van der Waals surface area contributed by atoms with Crippen LogP contribution in [0, 0.1) is 0 Å². The van der Waals surface area contributed by atoms with Crippen LogP contribution >= 0.6 is 0 Å². The first kappa shape index (κ1) is 23.0. The number of benzene rings is 2. The fourth-order valence-electron chi connectivity index (χ4n) is 2.34. The number of halogens is 3. The second-order valence-corrected chi connectivity index (χ2v) is 6.24. The molecule has 0 saturated heterocycles. The zero-order valence-corrected chi connectivity index (χ0v) is 16.3. The molecule has 0 aliphatic carbocycles. The van der Waals surface area contributed by atoms with Crippen LogP contribution in [0.2, 0.25) is 0 Å². The molecule has 0 fully saturated rings. The maximum Gasteiger partial charge on any atom is 0.573 e. The van der Waals surface area contributed by atoms with E-state index in [1.165, 1.54) is 30.3 Å². The normalized spacial score (nSPS) is 11.3. The van der Waals surface area contributed by atoms with Crippen LogP contribution in [0.1, 0.15) is 42.1 Å². The highest BCUT2D eigenvalue weighted by atomic mass is 19.4. The van der Waals surface area contributed by atoms with Crippen molar-refractivity contribution in [2.45, 2.75) is 32.5 Å². The first-order valence-corrected chi connectivity index (χ1v) is 9.30. The van der Waals surface area contributed by atoms with Gasteiger partial charge in [-0.3, -0.25) is 0 Å². The maximum atomic E-state index is 12.2. The van der Waals surface area contributed by atoms with E-state index in [1.807, 2.05) is 0 Å². The Hall–Kier alpha value is -3.29. The SMILES string of the molecule is CCCCCOC(=O)C=Cc1ccc(OC(=O)c2ccc(OC(F)(F)F)cc2)cc1. The fraction of sp³-hybridized carbons (Fsp3) is 0.273. The van der Waals surface area contributed by atoms with E-state index in [4.69, 9.17) is 9.47 Å². The third-order valence-corrected chi connectivity index (χ3v) is 3.82. The van der Waals surface area contributed by atoms with Crippen LogP contribution in [0.15, 0.2) is 54.6 Å². The minimum absolute atomic E-state index is 0.0688. The van der Waals surface area contributed by atoms with Crippen LogP contribution in [-0.4, -0.2) is 24.9 Å². The molecule has 8 heteroatoms. The predicted octanol–water partition coefficient (Wildman–Crippen LogP) is 5.55. The number of alkyl halides is 3. The summed E-state index contributed by atoms with van der Waals surface area (Å²) in [7, 11) is 0. The number of hydrogen-bond acceptors (Lipinski definition) is 5. The van der Waals surface area contributed by atoms with Crippen LogP contribution in [0.3, 0.4) is 0 Å². The highest BCUT2D eigenvalue weighted by Gasteiger charge is 2.31. The van der Waals surface area contributed by atoms with Gasteiger partial charge in [0.1, 0.15) is 11.5 Å². The lowest BCUT2D eigenvalue weighted by atomic mass is 10.2. The van der Waals surface area contributed by atoms with Gasteiger partial charge in [-0.1, -0.05) is 31.9 Å². The summed E-state index contributed by atoms with van der Waals surface area (Å²) in [5, 5.41) is 0. The molecule has 0 unspecified atom stereocenters. The average molecular weight is 422 g/mol. The van der Waals surface area contributed by atoms with Gasteiger partial charge in [0.2, 0.25) is 0 Å². The highest BCUT2D eigenvalue weighted by molar-refractivity contribution is 5.91. The van der Waals surface area contributed by atoms with Crippen molar-refractivity contribution in [2.24, 2.45) is 0 Å². The van der Waals surface area contributed by atoms with Gasteiger partial charge in [-0.15, -0.1) is 13.2 Å². The fourth-order valence-corrected chi connectivity index (χ4v) is 2.34. The Kier molecular flexibility index (Phi) is 8.46. The van der Waals surface area contributed by atoms with Gasteiger partial charge in [0.25, 0.3) is 0 Å². The first-order valence-electron chi connectivity index (χ1n) is 9.30. The first-order chi connectivity index (χ1) is 14.3. The second-order valence-electron chi connectivity index (χ2n) is 6.24. The lowest BCUT2D eigenvalue weighted by Crippen LogP contribution is -2.17. The summed E-state index contributed by atoms with van der Waals surface area (Å²) in [4.78, 5) is 23.7. The number of carbonyl (C=O) groups excluding carboxylic acids is 2. The van der Waals surface area contributed by atoms with Crippen LogP contribution in [-0.2, 0) is 9.53 Å². The Labute approximate surface area is 172 Å². The summed E-state index contributed by atoms with van der Waals surface area (Å²) in [6, 6.07) is 10.8. The van der Waals surface area contributed by atoms with E-state index in [9.17, 15) is 22.8 Å². The van der Waals surface area contributed by atoms with Gasteiger partial charge in [0.05, 0.1) is 12.2 Å². The minimum Gasteiger partial charge on any atom is -0.463 e. The molecule has 0 bridgehead atoms. The number of carbonyl (C=O) groups is 2. The highest BCUT2D eigenvalue weighted by Crippen LogP contribution is 2.23. The molecule has 5 nitrogen and oxygen atoms in total. The van der Waals surface area contributed by atoms with Crippen LogP contribution in [0.4, 0.5) is 13.2 Å². The van der Waals surface area contributed by atoms with Crippen LogP contribution < -0.4 is 9.47 Å². The monoisotopic (exact) mass is 422 g/mol. The number of hydrogen-bond donors (Lipinski definition) is 0. The molecule has 0 saturated carbocycles. The summed E-state index contributed by atoms with van der Waals surface area (Å²) in [5.41, 5.74) is 0.772. The van der Waals surface area contributed by atoms with Gasteiger partial charge in [-0.25, -0.2) is 9.59 Å². The Balaban J connectivity index is 1.87. The second kappa shape index (κ2) is 11.0. The zero-order chi connectivity index (χ0) is 22.0. The quantitative estimate of drug-likeness (QED) is 0.229. The molecule has 2 aromatic rings. The summed E-state index contributed by atoms with van der Waals surface area (Å²) < 4.78 is 50.5. The van der Waals surface area contributed by atoms with E-state index >= 15 is 0 Å². The van der Waals surface area contributed by atoms with Crippen molar-refractivity contribution in [3.63, 3.8) is 0 Å². The lowest BCUT2D eigenvalue weighted by molar-refractivity contribution is -0.274. The van der Waals surface area contributed by atoms with E-state index in [1.54, 1.807) is 18.2 Å². The molecule has 0 aliphatic heterocycles. The number of esters is 2. The Morgan fingerprint density at radius 3 is 2.17 bits per heavy atom. The molecule has 2 rings (SSSR count). The Morgan fingerprint density at radius 2 is 1.57 bits per heavy atom. The van der Waals surface area contributed by atoms with E-state index in [0.717, 1.165) is 31.4 Å². The minimum atomic E-state index is -4.80. The third-order valence-electron chi connectivity index (χ3n) is 3.82. The van der Waals surface area contributed by atoms with Crippen molar-refractivity contribution in [1.82, 2.24) is 0 Å². The summed E-state index contributed by atoms with van der Waals surface area (Å²) in [6.45, 7) is 2.45. The summed E-state index contributed by atoms with van der Waals surface area (Å²) in [6.07, 6.45) is 0.966. The maximum absolute atomic E-state index is 12.2. The Morgan fingerprint density at radius 1 is 0.933 bits per heavy atom. The molecular formula is C22H21F3O5. The number of ether oxygens (including phenoxy) is 3. The van der Waals surface area contributed by atoms with Gasteiger partial charge in [-0.2, -0.15) is 0 Å². The third kappa shape index (κ3) is 8.38. The van der Waals surface area contributed by atoms with Crippen molar-refractivity contribution in [3.05, 3.63) is 65.7 Å². The number of rotatable bonds is 9. The van der Waals surface area contributed by atoms with E-state index in [2.05, 4.69) is 11.7 Å². The van der Waals surface area contributed by atoms with E-state index < -0.39 is 24.1 Å².